The quantitative estimate of drug-likeness (QED) is 0.717. The van der Waals surface area contributed by atoms with Crippen LogP contribution in [0, 0.1) is 18.8 Å². The number of carbonyl (C=O) groups excluding carboxylic acids is 2. The minimum Gasteiger partial charge on any atom is -0.349 e. The van der Waals surface area contributed by atoms with Crippen LogP contribution in [0.25, 0.3) is 0 Å². The van der Waals surface area contributed by atoms with E-state index in [4.69, 9.17) is 0 Å². The van der Waals surface area contributed by atoms with Crippen LogP contribution < -0.4 is 5.32 Å². The summed E-state index contributed by atoms with van der Waals surface area (Å²) in [6, 6.07) is 3.67. The van der Waals surface area contributed by atoms with Crippen molar-refractivity contribution < 1.29 is 9.59 Å². The predicted molar refractivity (Wildman–Crippen MR) is 114 cm³/mol. The number of nitrogens with one attached hydrogen (secondary N) is 2. The van der Waals surface area contributed by atoms with Crippen molar-refractivity contribution in [2.24, 2.45) is 11.8 Å². The Kier molecular flexibility index (Phi) is 5.52. The van der Waals surface area contributed by atoms with Crippen LogP contribution in [-0.2, 0) is 22.7 Å². The smallest absolute Gasteiger partial charge is 0.243 e. The lowest BCUT2D eigenvalue weighted by Gasteiger charge is -2.55. The van der Waals surface area contributed by atoms with Gasteiger partial charge in [0.2, 0.25) is 11.8 Å². The first-order valence-electron chi connectivity index (χ1n) is 11.4. The number of hydrogen-bond donors (Lipinski definition) is 2. The van der Waals surface area contributed by atoms with E-state index in [0.29, 0.717) is 18.9 Å². The maximum atomic E-state index is 13.3. The summed E-state index contributed by atoms with van der Waals surface area (Å²) in [5, 5.41) is 14.4. The van der Waals surface area contributed by atoms with E-state index in [-0.39, 0.29) is 29.8 Å². The maximum absolute atomic E-state index is 13.3. The highest BCUT2D eigenvalue weighted by molar-refractivity contribution is 5.89. The van der Waals surface area contributed by atoms with E-state index < -0.39 is 0 Å². The topological polar surface area (TPSA) is 99.1 Å². The Balaban J connectivity index is 1.31. The van der Waals surface area contributed by atoms with Crippen LogP contribution in [0.1, 0.15) is 37.1 Å². The lowest BCUT2D eigenvalue weighted by atomic mass is 9.71. The van der Waals surface area contributed by atoms with Gasteiger partial charge in [0.05, 0.1) is 24.5 Å². The molecular weight excluding hydrogens is 394 g/mol. The minimum atomic E-state index is -0.383. The average molecular weight is 426 g/mol. The SMILES string of the molecule is Cc1ccn(CCN2C[C@H]3C[C@@H](C2)[C@H](C(=O)NCc2ccn[nH]2)N2C(=O)CCC[C@@H]32)n1. The molecule has 5 rings (SSSR count). The van der Waals surface area contributed by atoms with Crippen LogP contribution in [0.15, 0.2) is 24.5 Å². The number of H-pyrrole nitrogens is 1. The predicted octanol–water partition coefficient (Wildman–Crippen LogP) is 0.932. The molecule has 3 saturated heterocycles. The number of hydrogen-bond acceptors (Lipinski definition) is 5. The monoisotopic (exact) mass is 425 g/mol. The number of aryl methyl sites for hydroxylation is 1. The molecule has 0 aliphatic carbocycles. The van der Waals surface area contributed by atoms with E-state index in [9.17, 15) is 9.59 Å². The fraction of sp³-hybridized carbons (Fsp3) is 0.636. The summed E-state index contributed by atoms with van der Waals surface area (Å²) in [5.41, 5.74) is 1.89. The molecule has 2 N–H and O–H groups in total. The summed E-state index contributed by atoms with van der Waals surface area (Å²) in [7, 11) is 0. The Labute approximate surface area is 182 Å². The molecule has 0 aromatic carbocycles. The number of rotatable bonds is 6. The number of nitrogens with zero attached hydrogens (tertiary/aromatic N) is 5. The molecule has 2 amide bonds. The molecule has 166 valence electrons. The number of aromatic amines is 1. The molecule has 0 radical (unpaired) electrons. The zero-order chi connectivity index (χ0) is 21.4. The molecule has 3 aliphatic rings. The fourth-order valence-electron chi connectivity index (χ4n) is 5.77. The second kappa shape index (κ2) is 8.45. The van der Waals surface area contributed by atoms with Crippen molar-refractivity contribution in [3.05, 3.63) is 35.9 Å². The molecule has 31 heavy (non-hydrogen) atoms. The zero-order valence-electron chi connectivity index (χ0n) is 18.0. The van der Waals surface area contributed by atoms with Gasteiger partial charge in [-0.15, -0.1) is 0 Å². The second-order valence-corrected chi connectivity index (χ2v) is 9.24. The Hall–Kier alpha value is -2.68. The van der Waals surface area contributed by atoms with Gasteiger partial charge in [-0.3, -0.25) is 19.4 Å². The normalized spacial score (nSPS) is 28.4. The number of likely N-dealkylation sites (tertiary alicyclic amines) is 1. The van der Waals surface area contributed by atoms with Gasteiger partial charge in [0.1, 0.15) is 6.04 Å². The fourth-order valence-corrected chi connectivity index (χ4v) is 5.77. The molecular formula is C22H31N7O2. The Morgan fingerprint density at radius 3 is 2.90 bits per heavy atom. The van der Waals surface area contributed by atoms with Crippen LogP contribution in [0.5, 0.6) is 0 Å². The Morgan fingerprint density at radius 1 is 1.26 bits per heavy atom. The minimum absolute atomic E-state index is 0.0390. The van der Waals surface area contributed by atoms with E-state index in [1.165, 1.54) is 0 Å². The van der Waals surface area contributed by atoms with Gasteiger partial charge in [-0.2, -0.15) is 10.2 Å². The number of fused-ring (bicyclic) bond motifs is 4. The first kappa shape index (κ1) is 20.2. The van der Waals surface area contributed by atoms with Gasteiger partial charge in [-0.05, 0) is 44.2 Å². The molecule has 0 spiro atoms. The second-order valence-electron chi connectivity index (χ2n) is 9.24. The molecule has 9 heteroatoms. The largest absolute Gasteiger partial charge is 0.349 e. The summed E-state index contributed by atoms with van der Waals surface area (Å²) in [4.78, 5) is 30.6. The third-order valence-corrected chi connectivity index (χ3v) is 7.12. The maximum Gasteiger partial charge on any atom is 0.243 e. The highest BCUT2D eigenvalue weighted by Gasteiger charge is 2.51. The van der Waals surface area contributed by atoms with Gasteiger partial charge in [0.25, 0.3) is 0 Å². The molecule has 0 saturated carbocycles. The lowest BCUT2D eigenvalue weighted by Crippen LogP contribution is -2.68. The number of amides is 2. The molecule has 5 heterocycles. The van der Waals surface area contributed by atoms with Gasteiger partial charge in [-0.25, -0.2) is 0 Å². The molecule has 2 aromatic rings. The van der Waals surface area contributed by atoms with Gasteiger partial charge < -0.3 is 15.1 Å². The molecule has 9 nitrogen and oxygen atoms in total. The highest BCUT2D eigenvalue weighted by Crippen LogP contribution is 2.41. The van der Waals surface area contributed by atoms with Crippen LogP contribution in [0.3, 0.4) is 0 Å². The Bertz CT molecular complexity index is 924. The number of carbonyl (C=O) groups is 2. The first-order chi connectivity index (χ1) is 15.1. The Morgan fingerprint density at radius 2 is 2.13 bits per heavy atom. The lowest BCUT2D eigenvalue weighted by molar-refractivity contribution is -0.160. The number of aromatic nitrogens is 4. The van der Waals surface area contributed by atoms with Gasteiger partial charge in [0.15, 0.2) is 0 Å². The molecule has 4 atom stereocenters. The third kappa shape index (κ3) is 4.11. The third-order valence-electron chi connectivity index (χ3n) is 7.12. The first-order valence-corrected chi connectivity index (χ1v) is 11.4. The average Bonchev–Trinajstić information content (AvgIpc) is 3.43. The van der Waals surface area contributed by atoms with E-state index in [1.807, 2.05) is 34.8 Å². The van der Waals surface area contributed by atoms with Crippen molar-refractivity contribution in [1.82, 2.24) is 35.1 Å². The van der Waals surface area contributed by atoms with Crippen molar-refractivity contribution in [3.8, 4) is 0 Å². The number of piperidine rings is 3. The van der Waals surface area contributed by atoms with E-state index in [0.717, 1.165) is 56.8 Å². The van der Waals surface area contributed by atoms with Crippen LogP contribution >= 0.6 is 0 Å². The van der Waals surface area contributed by atoms with Gasteiger partial charge in [-0.1, -0.05) is 0 Å². The molecule has 2 aromatic heterocycles. The van der Waals surface area contributed by atoms with E-state index in [2.05, 4.69) is 25.5 Å². The van der Waals surface area contributed by atoms with Gasteiger partial charge in [0, 0.05) is 50.4 Å². The highest BCUT2D eigenvalue weighted by atomic mass is 16.2. The van der Waals surface area contributed by atoms with Crippen LogP contribution in [0.2, 0.25) is 0 Å². The standard InChI is InChI=1S/C22H31N7O2/c1-15-6-8-28(26-15)10-9-27-13-16-11-17(14-27)21(29-19(16)3-2-4-20(29)30)22(31)23-12-18-5-7-24-25-18/h5-8,16-17,19,21H,2-4,9-14H2,1H3,(H,23,31)(H,24,25)/t16-,17+,19+,21-/m1/s1. The van der Waals surface area contributed by atoms with Crippen LogP contribution in [0.4, 0.5) is 0 Å². The van der Waals surface area contributed by atoms with E-state index in [1.54, 1.807) is 6.20 Å². The van der Waals surface area contributed by atoms with Crippen molar-refractivity contribution in [1.29, 1.82) is 0 Å². The van der Waals surface area contributed by atoms with Crippen molar-refractivity contribution >= 4 is 11.8 Å². The summed E-state index contributed by atoms with van der Waals surface area (Å²) >= 11 is 0. The molecule has 2 bridgehead atoms. The van der Waals surface area contributed by atoms with Crippen molar-refractivity contribution in [2.75, 3.05) is 19.6 Å². The zero-order valence-corrected chi connectivity index (χ0v) is 18.0. The van der Waals surface area contributed by atoms with Crippen LogP contribution in [-0.4, -0.2) is 73.3 Å². The van der Waals surface area contributed by atoms with Crippen molar-refractivity contribution in [3.63, 3.8) is 0 Å². The van der Waals surface area contributed by atoms with Crippen molar-refractivity contribution in [2.45, 2.75) is 57.8 Å². The van der Waals surface area contributed by atoms with Gasteiger partial charge >= 0.3 is 0 Å². The summed E-state index contributed by atoms with van der Waals surface area (Å²) < 4.78 is 1.99. The summed E-state index contributed by atoms with van der Waals surface area (Å²) in [6.07, 6.45) is 7.21. The summed E-state index contributed by atoms with van der Waals surface area (Å²) in [5.74, 6) is 0.716. The molecule has 0 unspecified atom stereocenters. The van der Waals surface area contributed by atoms with E-state index >= 15 is 0 Å². The molecule has 3 fully saturated rings. The molecule has 3 aliphatic heterocycles. The summed E-state index contributed by atoms with van der Waals surface area (Å²) in [6.45, 7) is 6.00.